The van der Waals surface area contributed by atoms with E-state index in [-0.39, 0.29) is 11.5 Å². The van der Waals surface area contributed by atoms with Gasteiger partial charge in [-0.15, -0.1) is 11.3 Å². The van der Waals surface area contributed by atoms with E-state index < -0.39 is 5.97 Å². The molecule has 2 rings (SSSR count). The average Bonchev–Trinajstić information content (AvgIpc) is 3.06. The Balaban J connectivity index is 2.28. The van der Waals surface area contributed by atoms with Crippen LogP contribution in [0.15, 0.2) is 10.9 Å². The van der Waals surface area contributed by atoms with E-state index in [1.54, 1.807) is 5.51 Å². The van der Waals surface area contributed by atoms with E-state index in [9.17, 15) is 9.59 Å². The Labute approximate surface area is 124 Å². The van der Waals surface area contributed by atoms with E-state index in [1.165, 1.54) is 36.7 Å². The van der Waals surface area contributed by atoms with Crippen molar-refractivity contribution in [1.29, 1.82) is 0 Å². The molecule has 0 aliphatic heterocycles. The third kappa shape index (κ3) is 3.02. The lowest BCUT2D eigenvalue weighted by Crippen LogP contribution is -2.16. The maximum atomic E-state index is 11.6. The Hall–Kier alpha value is -1.80. The van der Waals surface area contributed by atoms with Gasteiger partial charge in [-0.25, -0.2) is 14.8 Å². The lowest BCUT2D eigenvalue weighted by molar-refractivity contribution is 0.0591. The van der Waals surface area contributed by atoms with E-state index in [0.29, 0.717) is 16.6 Å². The summed E-state index contributed by atoms with van der Waals surface area (Å²) in [7, 11) is 3.10. The van der Waals surface area contributed by atoms with E-state index >= 15 is 0 Å². The number of ether oxygens (including phenoxy) is 1. The van der Waals surface area contributed by atoms with Crippen molar-refractivity contribution in [2.75, 3.05) is 19.1 Å². The van der Waals surface area contributed by atoms with Gasteiger partial charge in [-0.05, 0) is 0 Å². The second kappa shape index (κ2) is 6.10. The smallest absolute Gasteiger partial charge is 0.358 e. The molecule has 2 aromatic heterocycles. The molecule has 0 N–H and O–H groups in total. The highest BCUT2D eigenvalue weighted by Gasteiger charge is 2.23. The lowest BCUT2D eigenvalue weighted by atomic mass is 10.3. The van der Waals surface area contributed by atoms with Crippen LogP contribution in [0, 0.1) is 0 Å². The van der Waals surface area contributed by atoms with Crippen LogP contribution in [0.4, 0.5) is 5.13 Å². The predicted octanol–water partition coefficient (Wildman–Crippen LogP) is 2.23. The van der Waals surface area contributed by atoms with Gasteiger partial charge >= 0.3 is 5.97 Å². The molecule has 106 valence electrons. The molecule has 2 aromatic rings. The fourth-order valence-electron chi connectivity index (χ4n) is 1.57. The molecule has 0 bridgehead atoms. The second-order valence-corrected chi connectivity index (χ2v) is 5.75. The highest BCUT2D eigenvalue weighted by molar-refractivity contribution is 7.17. The summed E-state index contributed by atoms with van der Waals surface area (Å²) in [6, 6.07) is 0. The number of carbonyl (C=O) groups is 2. The highest BCUT2D eigenvalue weighted by atomic mass is 32.1. The number of ketones is 1. The number of carbonyl (C=O) groups excluding carboxylic acids is 2. The zero-order valence-electron chi connectivity index (χ0n) is 11.2. The van der Waals surface area contributed by atoms with Crippen molar-refractivity contribution in [1.82, 2.24) is 9.97 Å². The summed E-state index contributed by atoms with van der Waals surface area (Å²) in [5.41, 5.74) is 2.74. The van der Waals surface area contributed by atoms with Crippen LogP contribution in [0.5, 0.6) is 0 Å². The van der Waals surface area contributed by atoms with Crippen LogP contribution in [-0.2, 0) is 11.3 Å². The molecule has 0 saturated heterocycles. The van der Waals surface area contributed by atoms with Gasteiger partial charge in [-0.3, -0.25) is 4.79 Å². The maximum Gasteiger partial charge on any atom is 0.358 e. The van der Waals surface area contributed by atoms with Crippen LogP contribution >= 0.6 is 22.7 Å². The van der Waals surface area contributed by atoms with Crippen LogP contribution in [0.1, 0.15) is 32.8 Å². The minimum absolute atomic E-state index is 0.0742. The van der Waals surface area contributed by atoms with Gasteiger partial charge in [-0.2, -0.15) is 0 Å². The number of hydrogen-bond donors (Lipinski definition) is 0. The number of hydrogen-bond acceptors (Lipinski definition) is 8. The molecule has 0 radical (unpaired) electrons. The summed E-state index contributed by atoms with van der Waals surface area (Å²) in [5, 5.41) is 2.53. The quantitative estimate of drug-likeness (QED) is 0.623. The highest BCUT2D eigenvalue weighted by Crippen LogP contribution is 2.27. The maximum absolute atomic E-state index is 11.6. The number of aromatic nitrogens is 2. The van der Waals surface area contributed by atoms with Crippen molar-refractivity contribution in [2.45, 2.75) is 13.5 Å². The number of methoxy groups -OCH3 is 1. The molecular formula is C12H13N3O3S2. The Kier molecular flexibility index (Phi) is 4.46. The molecular weight excluding hydrogens is 298 g/mol. The number of thiazole rings is 2. The molecule has 20 heavy (non-hydrogen) atoms. The topological polar surface area (TPSA) is 72.4 Å². The van der Waals surface area contributed by atoms with Gasteiger partial charge < -0.3 is 9.64 Å². The Morgan fingerprint density at radius 3 is 2.75 bits per heavy atom. The number of esters is 1. The van der Waals surface area contributed by atoms with Crippen molar-refractivity contribution in [3.05, 3.63) is 27.2 Å². The molecule has 0 fully saturated rings. The lowest BCUT2D eigenvalue weighted by Gasteiger charge is -2.13. The van der Waals surface area contributed by atoms with Gasteiger partial charge in [0, 0.05) is 19.4 Å². The van der Waals surface area contributed by atoms with E-state index in [2.05, 4.69) is 14.7 Å². The molecule has 0 unspecified atom stereocenters. The van der Waals surface area contributed by atoms with E-state index in [1.807, 2.05) is 17.3 Å². The molecule has 0 aliphatic carbocycles. The Morgan fingerprint density at radius 1 is 1.45 bits per heavy atom. The van der Waals surface area contributed by atoms with Gasteiger partial charge in [0.1, 0.15) is 4.88 Å². The predicted molar refractivity (Wildman–Crippen MR) is 77.7 cm³/mol. The minimum Gasteiger partial charge on any atom is -0.464 e. The first-order valence-electron chi connectivity index (χ1n) is 5.71. The second-order valence-electron chi connectivity index (χ2n) is 4.06. The SMILES string of the molecule is COC(=O)c1nc(N(C)Cc2cscn2)sc1C(C)=O. The van der Waals surface area contributed by atoms with Gasteiger partial charge in [-0.1, -0.05) is 11.3 Å². The fraction of sp³-hybridized carbons (Fsp3) is 0.333. The summed E-state index contributed by atoms with van der Waals surface area (Å²) in [6.45, 7) is 1.97. The third-order valence-corrected chi connectivity index (χ3v) is 4.43. The Bertz CT molecular complexity index is 622. The number of rotatable bonds is 5. The molecule has 0 atom stereocenters. The summed E-state index contributed by atoms with van der Waals surface area (Å²) in [5.74, 6) is -0.795. The van der Waals surface area contributed by atoms with E-state index in [0.717, 1.165) is 5.69 Å². The van der Waals surface area contributed by atoms with E-state index in [4.69, 9.17) is 0 Å². The van der Waals surface area contributed by atoms with Gasteiger partial charge in [0.2, 0.25) is 0 Å². The van der Waals surface area contributed by atoms with Crippen molar-refractivity contribution in [2.24, 2.45) is 0 Å². The fourth-order valence-corrected chi connectivity index (χ4v) is 3.03. The molecule has 6 nitrogen and oxygen atoms in total. The molecule has 0 aliphatic rings. The van der Waals surface area contributed by atoms with Crippen molar-refractivity contribution in [3.8, 4) is 0 Å². The van der Waals surface area contributed by atoms with Crippen molar-refractivity contribution >= 4 is 39.6 Å². The van der Waals surface area contributed by atoms with Crippen LogP contribution in [0.2, 0.25) is 0 Å². The van der Waals surface area contributed by atoms with Gasteiger partial charge in [0.25, 0.3) is 0 Å². The standard InChI is InChI=1S/C12H13N3O3S2/c1-7(16)10-9(11(17)18-3)14-12(20-10)15(2)4-8-5-19-6-13-8/h5-6H,4H2,1-3H3. The first-order valence-corrected chi connectivity index (χ1v) is 7.47. The Morgan fingerprint density at radius 2 is 2.20 bits per heavy atom. The van der Waals surface area contributed by atoms with Crippen LogP contribution < -0.4 is 4.90 Å². The molecule has 0 amide bonds. The van der Waals surface area contributed by atoms with Crippen LogP contribution in [0.3, 0.4) is 0 Å². The average molecular weight is 311 g/mol. The normalized spacial score (nSPS) is 10.3. The van der Waals surface area contributed by atoms with Crippen molar-refractivity contribution in [3.63, 3.8) is 0 Å². The summed E-state index contributed by atoms with van der Waals surface area (Å²) in [6.07, 6.45) is 0. The minimum atomic E-state index is -0.597. The van der Waals surface area contributed by atoms with Crippen LogP contribution in [-0.4, -0.2) is 35.9 Å². The van der Waals surface area contributed by atoms with Crippen LogP contribution in [0.25, 0.3) is 0 Å². The zero-order valence-corrected chi connectivity index (χ0v) is 12.9. The van der Waals surface area contributed by atoms with Crippen molar-refractivity contribution < 1.29 is 14.3 Å². The summed E-state index contributed by atoms with van der Waals surface area (Å²) < 4.78 is 4.65. The molecule has 0 saturated carbocycles. The monoisotopic (exact) mass is 311 g/mol. The first kappa shape index (κ1) is 14.6. The zero-order chi connectivity index (χ0) is 14.7. The largest absolute Gasteiger partial charge is 0.464 e. The summed E-state index contributed by atoms with van der Waals surface area (Å²) in [4.78, 5) is 33.8. The molecule has 0 spiro atoms. The van der Waals surface area contributed by atoms with Gasteiger partial charge in [0.15, 0.2) is 16.6 Å². The molecule has 0 aromatic carbocycles. The molecule has 2 heterocycles. The first-order chi connectivity index (χ1) is 9.52. The van der Waals surface area contributed by atoms with Gasteiger partial charge in [0.05, 0.1) is 24.9 Å². The summed E-state index contributed by atoms with van der Waals surface area (Å²) >= 11 is 2.70. The molecule has 8 heteroatoms. The number of anilines is 1. The number of Topliss-reactive ketones (excluding diaryl/α,β-unsaturated/α-hetero) is 1. The third-order valence-electron chi connectivity index (χ3n) is 2.52. The number of nitrogens with zero attached hydrogens (tertiary/aromatic N) is 3.